The first-order valence-electron chi connectivity index (χ1n) is 23.9. The quantitative estimate of drug-likeness (QED) is 0.135. The lowest BCUT2D eigenvalue weighted by molar-refractivity contribution is 0.660. The van der Waals surface area contributed by atoms with Crippen LogP contribution in [0.3, 0.4) is 0 Å². The third-order valence-electron chi connectivity index (χ3n) is 14.1. The zero-order valence-electron chi connectivity index (χ0n) is 39.1. The fraction of sp³-hybridized carbons (Fsp3) is 0.0606. The van der Waals surface area contributed by atoms with E-state index in [1.54, 1.807) is 0 Å². The molecule has 11 aromatic rings. The van der Waals surface area contributed by atoms with Gasteiger partial charge in [0.15, 0.2) is 0 Å². The number of para-hydroxylation sites is 2. The van der Waals surface area contributed by atoms with Crippen molar-refractivity contribution in [2.75, 3.05) is 14.7 Å². The molecule has 0 N–H and O–H groups in total. The maximum atomic E-state index is 2.46. The van der Waals surface area contributed by atoms with Crippen LogP contribution in [-0.2, 0) is 5.41 Å². The van der Waals surface area contributed by atoms with E-state index in [1.807, 2.05) is 0 Å². The Bertz CT molecular complexity index is 3510. The topological polar surface area (TPSA) is 9.72 Å². The van der Waals surface area contributed by atoms with Crippen LogP contribution >= 0.6 is 0 Å². The Kier molecular flexibility index (Phi) is 10.4. The van der Waals surface area contributed by atoms with E-state index < -0.39 is 0 Å². The summed E-state index contributed by atoms with van der Waals surface area (Å²) >= 11 is 0. The fourth-order valence-corrected chi connectivity index (χ4v) is 10.6. The van der Waals surface area contributed by atoms with Gasteiger partial charge in [0.25, 0.3) is 0 Å². The number of benzene rings is 11. The summed E-state index contributed by atoms with van der Waals surface area (Å²) in [6, 6.07) is 93.1. The number of aryl methyl sites for hydroxylation is 1. The van der Waals surface area contributed by atoms with Crippen molar-refractivity contribution < 1.29 is 0 Å². The van der Waals surface area contributed by atoms with Crippen LogP contribution in [-0.4, -0.2) is 0 Å². The predicted molar refractivity (Wildman–Crippen MR) is 293 cm³/mol. The molecule has 1 aliphatic carbocycles. The van der Waals surface area contributed by atoms with Crippen molar-refractivity contribution >= 4 is 72.7 Å². The van der Waals surface area contributed by atoms with Crippen molar-refractivity contribution in [1.29, 1.82) is 0 Å². The second-order valence-electron chi connectivity index (χ2n) is 18.7. The first-order chi connectivity index (χ1) is 33.9. The number of hydrogen-bond donors (Lipinski definition) is 0. The van der Waals surface area contributed by atoms with Gasteiger partial charge in [-0.2, -0.15) is 0 Å². The molecular weight excluding hydrogens is 835 g/mol. The van der Waals surface area contributed by atoms with Gasteiger partial charge in [-0.15, -0.1) is 0 Å². The summed E-state index contributed by atoms with van der Waals surface area (Å²) in [5, 5.41) is 4.78. The van der Waals surface area contributed by atoms with Crippen molar-refractivity contribution in [3.05, 3.63) is 271 Å². The van der Waals surface area contributed by atoms with Gasteiger partial charge < -0.3 is 14.7 Å². The Balaban J connectivity index is 1.14. The van der Waals surface area contributed by atoms with Crippen LogP contribution in [0.4, 0.5) is 51.2 Å². The third kappa shape index (κ3) is 7.59. The van der Waals surface area contributed by atoms with Gasteiger partial charge in [0.2, 0.25) is 0 Å². The number of anilines is 9. The molecule has 0 amide bonds. The van der Waals surface area contributed by atoms with E-state index in [0.29, 0.717) is 0 Å². The van der Waals surface area contributed by atoms with Crippen molar-refractivity contribution in [1.82, 2.24) is 0 Å². The van der Waals surface area contributed by atoms with Gasteiger partial charge in [-0.05, 0) is 158 Å². The summed E-state index contributed by atoms with van der Waals surface area (Å²) in [6.07, 6.45) is 0. The van der Waals surface area contributed by atoms with Crippen LogP contribution < -0.4 is 14.7 Å². The first kappa shape index (κ1) is 41.7. The molecule has 0 spiro atoms. The summed E-state index contributed by atoms with van der Waals surface area (Å²) in [4.78, 5) is 7.27. The largest absolute Gasteiger partial charge is 0.310 e. The van der Waals surface area contributed by atoms with Crippen molar-refractivity contribution in [3.8, 4) is 22.3 Å². The molecule has 0 aromatic heterocycles. The lowest BCUT2D eigenvalue weighted by atomic mass is 9.82. The lowest BCUT2D eigenvalue weighted by Gasteiger charge is -2.33. The second kappa shape index (κ2) is 17.2. The number of rotatable bonds is 10. The zero-order chi connectivity index (χ0) is 46.5. The van der Waals surface area contributed by atoms with Crippen LogP contribution in [0.1, 0.15) is 30.5 Å². The monoisotopic (exact) mass is 885 g/mol. The summed E-state index contributed by atoms with van der Waals surface area (Å²) in [5.41, 5.74) is 18.4. The standard InChI is InChI=1S/C66H51N3/c1-46-18-17-29-63-65(46)62-39-38-58(45-64(62)66(63,2)3)69(55-34-30-50(31-35-55)47-19-7-4-8-20-47)61-43-59(67(53-25-9-5-10-26-53)56-36-32-48-21-13-15-23-51(48)40-56)42-60(44-61)68(54-27-11-6-12-28-54)57-37-33-49-22-14-16-24-52(49)41-57/h4-45H,1-3H3. The molecule has 0 atom stereocenters. The minimum Gasteiger partial charge on any atom is -0.310 e. The maximum Gasteiger partial charge on any atom is 0.0503 e. The van der Waals surface area contributed by atoms with Crippen LogP contribution in [0.5, 0.6) is 0 Å². The van der Waals surface area contributed by atoms with Gasteiger partial charge in [-0.1, -0.05) is 178 Å². The van der Waals surface area contributed by atoms with Crippen LogP contribution in [0.25, 0.3) is 43.8 Å². The average Bonchev–Trinajstić information content (AvgIpc) is 3.63. The normalized spacial score (nSPS) is 12.4. The molecule has 0 saturated heterocycles. The molecule has 3 nitrogen and oxygen atoms in total. The average molecular weight is 886 g/mol. The van der Waals surface area contributed by atoms with E-state index in [-0.39, 0.29) is 5.41 Å². The maximum absolute atomic E-state index is 2.46. The smallest absolute Gasteiger partial charge is 0.0503 e. The van der Waals surface area contributed by atoms with Gasteiger partial charge in [0, 0.05) is 39.5 Å². The highest BCUT2D eigenvalue weighted by atomic mass is 15.2. The minimum absolute atomic E-state index is 0.192. The SMILES string of the molecule is Cc1cccc2c1-c1ccc(N(c3ccc(-c4ccccc4)cc3)c3cc(N(c4ccccc4)c4ccc5ccccc5c4)cc(N(c4ccccc4)c4ccc5ccccc5c4)c3)cc1C2(C)C. The Labute approximate surface area is 405 Å². The van der Waals surface area contributed by atoms with E-state index in [4.69, 9.17) is 0 Å². The molecular formula is C66H51N3. The van der Waals surface area contributed by atoms with Gasteiger partial charge in [0.05, 0.1) is 17.1 Å². The molecule has 0 unspecified atom stereocenters. The van der Waals surface area contributed by atoms with Gasteiger partial charge in [-0.25, -0.2) is 0 Å². The minimum atomic E-state index is -0.192. The van der Waals surface area contributed by atoms with Crippen molar-refractivity contribution in [2.45, 2.75) is 26.2 Å². The van der Waals surface area contributed by atoms with E-state index in [0.717, 1.165) is 51.2 Å². The highest BCUT2D eigenvalue weighted by Gasteiger charge is 2.37. The molecule has 0 aliphatic heterocycles. The summed E-state index contributed by atoms with van der Waals surface area (Å²) in [6.45, 7) is 7.00. The van der Waals surface area contributed by atoms with E-state index in [2.05, 4.69) is 290 Å². The molecule has 0 bridgehead atoms. The highest BCUT2D eigenvalue weighted by Crippen LogP contribution is 2.53. The fourth-order valence-electron chi connectivity index (χ4n) is 10.6. The summed E-state index contributed by atoms with van der Waals surface area (Å²) in [7, 11) is 0. The van der Waals surface area contributed by atoms with Gasteiger partial charge >= 0.3 is 0 Å². The molecule has 3 heteroatoms. The molecule has 0 fully saturated rings. The van der Waals surface area contributed by atoms with E-state index in [1.165, 1.54) is 60.5 Å². The molecule has 330 valence electrons. The zero-order valence-corrected chi connectivity index (χ0v) is 39.1. The summed E-state index contributed by atoms with van der Waals surface area (Å²) in [5.74, 6) is 0. The molecule has 69 heavy (non-hydrogen) atoms. The first-order valence-corrected chi connectivity index (χ1v) is 23.9. The lowest BCUT2D eigenvalue weighted by Crippen LogP contribution is -2.18. The van der Waals surface area contributed by atoms with E-state index in [9.17, 15) is 0 Å². The second-order valence-corrected chi connectivity index (χ2v) is 18.7. The Morgan fingerprint density at radius 1 is 0.275 bits per heavy atom. The van der Waals surface area contributed by atoms with Gasteiger partial charge in [0.1, 0.15) is 0 Å². The van der Waals surface area contributed by atoms with Gasteiger partial charge in [-0.3, -0.25) is 0 Å². The van der Waals surface area contributed by atoms with Crippen molar-refractivity contribution in [3.63, 3.8) is 0 Å². The van der Waals surface area contributed by atoms with Crippen LogP contribution in [0.15, 0.2) is 255 Å². The van der Waals surface area contributed by atoms with Crippen LogP contribution in [0.2, 0.25) is 0 Å². The highest BCUT2D eigenvalue weighted by molar-refractivity contribution is 5.95. The Morgan fingerprint density at radius 3 is 1.20 bits per heavy atom. The Hall–Kier alpha value is -8.66. The number of hydrogen-bond acceptors (Lipinski definition) is 3. The Morgan fingerprint density at radius 2 is 0.681 bits per heavy atom. The third-order valence-corrected chi connectivity index (χ3v) is 14.1. The molecule has 1 aliphatic rings. The molecule has 0 saturated carbocycles. The predicted octanol–water partition coefficient (Wildman–Crippen LogP) is 18.7. The number of nitrogens with zero attached hydrogens (tertiary/aromatic N) is 3. The molecule has 0 radical (unpaired) electrons. The molecule has 0 heterocycles. The molecule has 11 aromatic carbocycles. The number of fused-ring (bicyclic) bond motifs is 5. The van der Waals surface area contributed by atoms with Crippen molar-refractivity contribution in [2.24, 2.45) is 0 Å². The van der Waals surface area contributed by atoms with Crippen LogP contribution in [0, 0.1) is 6.92 Å². The molecule has 12 rings (SSSR count). The van der Waals surface area contributed by atoms with E-state index >= 15 is 0 Å². The summed E-state index contributed by atoms with van der Waals surface area (Å²) < 4.78 is 0.